The van der Waals surface area contributed by atoms with Crippen molar-refractivity contribution in [2.45, 2.75) is 37.3 Å². The number of quaternary nitrogens is 2. The van der Waals surface area contributed by atoms with Crippen molar-refractivity contribution in [3.8, 4) is 0 Å². The van der Waals surface area contributed by atoms with E-state index in [0.29, 0.717) is 0 Å². The molecule has 182 valence electrons. The molecule has 0 saturated carbocycles. The number of ether oxygens (including phenoxy) is 2. The molecule has 0 aliphatic heterocycles. The molecule has 0 fully saturated rings. The fraction of sp³-hybridized carbons (Fsp3) is 0.778. The SMILES string of the molecule is C[N+](C)(C)C[C@@H](CC(=O)O)OC(=O)C(O)C(O)C(=O)O[C@H](CC(=O)O)C[N+](C)(C)C.[MgH2].[MgH2]. The van der Waals surface area contributed by atoms with Crippen LogP contribution in [0.15, 0.2) is 0 Å². The third-order valence-electron chi connectivity index (χ3n) is 3.65. The van der Waals surface area contributed by atoms with Crippen molar-refractivity contribution in [1.29, 1.82) is 0 Å². The molecule has 4 atom stereocenters. The number of carboxylic acids is 2. The Kier molecular flexibility index (Phi) is 17.0. The van der Waals surface area contributed by atoms with Crippen LogP contribution in [0.4, 0.5) is 0 Å². The Morgan fingerprint density at radius 2 is 0.906 bits per heavy atom. The van der Waals surface area contributed by atoms with E-state index < -0.39 is 61.1 Å². The zero-order chi connectivity index (χ0) is 23.9. The first-order valence-electron chi connectivity index (χ1n) is 9.23. The van der Waals surface area contributed by atoms with Gasteiger partial charge >= 0.3 is 70.0 Å². The molecule has 12 nitrogen and oxygen atoms in total. The molecule has 0 saturated heterocycles. The zero-order valence-electron chi connectivity index (χ0n) is 18.3. The van der Waals surface area contributed by atoms with E-state index in [1.54, 1.807) is 42.3 Å². The molecule has 0 rings (SSSR count). The van der Waals surface area contributed by atoms with Gasteiger partial charge in [0.15, 0.2) is 24.4 Å². The second-order valence-corrected chi connectivity index (χ2v) is 9.15. The lowest BCUT2D eigenvalue weighted by atomic mass is 10.1. The molecule has 0 aliphatic rings. The van der Waals surface area contributed by atoms with Gasteiger partial charge in [-0.05, 0) is 0 Å². The van der Waals surface area contributed by atoms with E-state index in [1.165, 1.54) is 0 Å². The summed E-state index contributed by atoms with van der Waals surface area (Å²) in [5, 5.41) is 37.9. The molecule has 0 aromatic rings. The highest BCUT2D eigenvalue weighted by Crippen LogP contribution is 2.11. The number of carbonyl (C=O) groups excluding carboxylic acids is 2. The van der Waals surface area contributed by atoms with Crippen LogP contribution in [0.3, 0.4) is 0 Å². The lowest BCUT2D eigenvalue weighted by molar-refractivity contribution is -0.873. The molecular weight excluding hydrogens is 453 g/mol. The Morgan fingerprint density at radius 1 is 0.656 bits per heavy atom. The van der Waals surface area contributed by atoms with Crippen molar-refractivity contribution in [3.05, 3.63) is 0 Å². The van der Waals surface area contributed by atoms with Gasteiger partial charge in [-0.2, -0.15) is 0 Å². The fourth-order valence-corrected chi connectivity index (χ4v) is 2.62. The first-order valence-corrected chi connectivity index (χ1v) is 9.23. The number of carbonyl (C=O) groups is 4. The second-order valence-electron chi connectivity index (χ2n) is 9.15. The van der Waals surface area contributed by atoms with E-state index in [9.17, 15) is 29.4 Å². The van der Waals surface area contributed by atoms with Crippen LogP contribution >= 0.6 is 0 Å². The van der Waals surface area contributed by atoms with Crippen LogP contribution in [-0.4, -0.2) is 179 Å². The van der Waals surface area contributed by atoms with E-state index in [-0.39, 0.29) is 68.2 Å². The summed E-state index contributed by atoms with van der Waals surface area (Å²) in [5.74, 6) is -5.24. The largest absolute Gasteiger partial charge is 0.481 e. The number of nitrogens with zero attached hydrogens (tertiary/aromatic N) is 2. The second kappa shape index (κ2) is 15.2. The molecule has 0 aromatic heterocycles. The summed E-state index contributed by atoms with van der Waals surface area (Å²) < 4.78 is 10.5. The van der Waals surface area contributed by atoms with E-state index in [1.807, 2.05) is 0 Å². The minimum atomic E-state index is -2.32. The first-order chi connectivity index (χ1) is 13.4. The first kappa shape index (κ1) is 35.8. The third kappa shape index (κ3) is 16.8. The van der Waals surface area contributed by atoms with Crippen LogP contribution in [0, 0.1) is 0 Å². The quantitative estimate of drug-likeness (QED) is 0.114. The number of hydrogen-bond donors (Lipinski definition) is 4. The Labute approximate surface area is 219 Å². The highest BCUT2D eigenvalue weighted by atomic mass is 24.3. The summed E-state index contributed by atoms with van der Waals surface area (Å²) in [6.45, 7) is 0.213. The summed E-state index contributed by atoms with van der Waals surface area (Å²) in [4.78, 5) is 46.2. The minimum absolute atomic E-state index is 0. The predicted molar refractivity (Wildman–Crippen MR) is 119 cm³/mol. The van der Waals surface area contributed by atoms with Crippen molar-refractivity contribution in [1.82, 2.24) is 0 Å². The van der Waals surface area contributed by atoms with Gasteiger partial charge in [0.05, 0.1) is 55.1 Å². The number of esters is 2. The number of aliphatic hydroxyl groups excluding tert-OH is 2. The smallest absolute Gasteiger partial charge is 0.338 e. The maximum Gasteiger partial charge on any atom is 0.338 e. The van der Waals surface area contributed by atoms with Crippen molar-refractivity contribution in [2.75, 3.05) is 55.4 Å². The molecule has 0 amide bonds. The van der Waals surface area contributed by atoms with Gasteiger partial charge in [0, 0.05) is 0 Å². The number of carboxylic acid groups (broad SMARTS) is 2. The Hall–Kier alpha value is -0.748. The summed E-state index contributed by atoms with van der Waals surface area (Å²) >= 11 is 0. The highest BCUT2D eigenvalue weighted by Gasteiger charge is 2.37. The molecule has 14 heteroatoms. The fourth-order valence-electron chi connectivity index (χ4n) is 2.62. The molecule has 4 N–H and O–H groups in total. The molecule has 32 heavy (non-hydrogen) atoms. The lowest BCUT2D eigenvalue weighted by Crippen LogP contribution is -2.49. The molecule has 0 spiro atoms. The Balaban J connectivity index is -0.00000420. The number of hydrogen-bond acceptors (Lipinski definition) is 8. The van der Waals surface area contributed by atoms with Gasteiger partial charge in [0.2, 0.25) is 0 Å². The van der Waals surface area contributed by atoms with Crippen molar-refractivity contribution < 1.29 is 58.0 Å². The van der Waals surface area contributed by atoms with Crippen molar-refractivity contribution >= 4 is 70.0 Å². The number of aliphatic hydroxyl groups is 2. The minimum Gasteiger partial charge on any atom is -0.481 e. The van der Waals surface area contributed by atoms with Gasteiger partial charge in [0.25, 0.3) is 0 Å². The van der Waals surface area contributed by atoms with Gasteiger partial charge in [-0.1, -0.05) is 0 Å². The van der Waals surface area contributed by atoms with Crippen LogP contribution in [0.5, 0.6) is 0 Å². The van der Waals surface area contributed by atoms with Crippen LogP contribution in [0.2, 0.25) is 0 Å². The maximum atomic E-state index is 12.1. The molecule has 0 radical (unpaired) electrons. The molecule has 0 bridgehead atoms. The zero-order valence-corrected chi connectivity index (χ0v) is 18.3. The normalized spacial score (nSPS) is 15.1. The summed E-state index contributed by atoms with van der Waals surface area (Å²) in [5.41, 5.74) is 0. The standard InChI is InChI=1S/C18H32N2O10.2Mg.4H/c1-19(2,3)9-11(7-13(21)22)29-17(27)15(25)16(26)18(28)30-12(8-14(23)24)10-20(4,5)6;;;;;;/h11-12,15-16,25-26H,7-10H2,1-6H3;;;;;;/p+2/t11-,12-,15?,16?;;;;;;/m1....../s1. The molecule has 0 aromatic carbocycles. The summed E-state index contributed by atoms with van der Waals surface area (Å²) in [6.07, 6.45) is -7.92. The third-order valence-corrected chi connectivity index (χ3v) is 3.65. The Bertz CT molecular complexity index is 580. The van der Waals surface area contributed by atoms with Crippen LogP contribution in [0.1, 0.15) is 12.8 Å². The van der Waals surface area contributed by atoms with Crippen molar-refractivity contribution in [2.24, 2.45) is 0 Å². The number of likely N-dealkylation sites (N-methyl/N-ethyl adjacent to an activating group) is 2. The molecular formula is C18H38Mg2N2O10+2. The molecule has 0 heterocycles. The predicted octanol–water partition coefficient (Wildman–Crippen LogP) is -3.94. The van der Waals surface area contributed by atoms with Gasteiger partial charge in [-0.25, -0.2) is 9.59 Å². The highest BCUT2D eigenvalue weighted by molar-refractivity contribution is 5.85. The van der Waals surface area contributed by atoms with E-state index in [2.05, 4.69) is 0 Å². The molecule has 0 aliphatic carbocycles. The van der Waals surface area contributed by atoms with Gasteiger partial charge < -0.3 is 38.9 Å². The Morgan fingerprint density at radius 3 is 1.09 bits per heavy atom. The van der Waals surface area contributed by atoms with E-state index >= 15 is 0 Å². The van der Waals surface area contributed by atoms with Crippen LogP contribution < -0.4 is 0 Å². The van der Waals surface area contributed by atoms with Gasteiger partial charge in [-0.15, -0.1) is 0 Å². The van der Waals surface area contributed by atoms with E-state index in [4.69, 9.17) is 19.7 Å². The average Bonchev–Trinajstić information content (AvgIpc) is 2.48. The number of rotatable bonds is 13. The lowest BCUT2D eigenvalue weighted by Gasteiger charge is -2.30. The van der Waals surface area contributed by atoms with E-state index in [0.717, 1.165) is 0 Å². The van der Waals surface area contributed by atoms with Crippen LogP contribution in [-0.2, 0) is 28.7 Å². The summed E-state index contributed by atoms with van der Waals surface area (Å²) in [6, 6.07) is 0. The topological polar surface area (TPSA) is 168 Å². The van der Waals surface area contributed by atoms with Crippen LogP contribution in [0.25, 0.3) is 0 Å². The molecule has 2 unspecified atom stereocenters. The average molecular weight is 491 g/mol. The van der Waals surface area contributed by atoms with Crippen molar-refractivity contribution in [3.63, 3.8) is 0 Å². The van der Waals surface area contributed by atoms with Gasteiger partial charge in [0.1, 0.15) is 13.1 Å². The summed E-state index contributed by atoms with van der Waals surface area (Å²) in [7, 11) is 10.4. The monoisotopic (exact) mass is 490 g/mol. The number of aliphatic carboxylic acids is 2. The maximum absolute atomic E-state index is 12.1. The van der Waals surface area contributed by atoms with Gasteiger partial charge in [-0.3, -0.25) is 9.59 Å².